The summed E-state index contributed by atoms with van der Waals surface area (Å²) in [7, 11) is 0. The van der Waals surface area contributed by atoms with E-state index in [2.05, 4.69) is 5.32 Å². The fraction of sp³-hybridized carbons (Fsp3) is 0.889. The zero-order chi connectivity index (χ0) is 10.3. The maximum absolute atomic E-state index is 11.8. The molecule has 0 aliphatic carbocycles. The third-order valence-corrected chi connectivity index (χ3v) is 2.39. The summed E-state index contributed by atoms with van der Waals surface area (Å²) in [6.07, 6.45) is 1.41. The molecule has 0 atom stereocenters. The fourth-order valence-electron chi connectivity index (χ4n) is 1.27. The standard InChI is InChI=1S/C9H18FNO2/c1-3-9(4-2,8(12)13)11-7-5-6-10/h11H,3-7H2,1-2H3,(H,12,13). The second-order valence-electron chi connectivity index (χ2n) is 3.06. The molecule has 4 heteroatoms. The minimum atomic E-state index is -0.866. The minimum absolute atomic E-state index is 0.370. The highest BCUT2D eigenvalue weighted by molar-refractivity contribution is 5.78. The number of rotatable bonds is 7. The summed E-state index contributed by atoms with van der Waals surface area (Å²) in [5.41, 5.74) is -0.866. The van der Waals surface area contributed by atoms with Gasteiger partial charge in [0.1, 0.15) is 5.54 Å². The summed E-state index contributed by atoms with van der Waals surface area (Å²) in [6.45, 7) is 3.65. The van der Waals surface area contributed by atoms with E-state index < -0.39 is 18.2 Å². The van der Waals surface area contributed by atoms with Crippen LogP contribution in [0.25, 0.3) is 0 Å². The first kappa shape index (κ1) is 12.4. The predicted octanol–water partition coefficient (Wildman–Crippen LogP) is 1.58. The Morgan fingerprint density at radius 2 is 2.00 bits per heavy atom. The van der Waals surface area contributed by atoms with Crippen molar-refractivity contribution in [3.63, 3.8) is 0 Å². The lowest BCUT2D eigenvalue weighted by atomic mass is 9.93. The molecule has 0 aromatic rings. The number of halogens is 1. The van der Waals surface area contributed by atoms with E-state index in [-0.39, 0.29) is 0 Å². The Labute approximate surface area is 78.3 Å². The van der Waals surface area contributed by atoms with Crippen LogP contribution in [0.2, 0.25) is 0 Å². The average molecular weight is 191 g/mol. The highest BCUT2D eigenvalue weighted by atomic mass is 19.1. The molecule has 0 aromatic carbocycles. The fourth-order valence-corrected chi connectivity index (χ4v) is 1.27. The van der Waals surface area contributed by atoms with Gasteiger partial charge in [-0.15, -0.1) is 0 Å². The zero-order valence-corrected chi connectivity index (χ0v) is 8.27. The Morgan fingerprint density at radius 3 is 2.31 bits per heavy atom. The van der Waals surface area contributed by atoms with E-state index in [0.717, 1.165) is 0 Å². The van der Waals surface area contributed by atoms with Gasteiger partial charge in [-0.25, -0.2) is 0 Å². The largest absolute Gasteiger partial charge is 0.480 e. The van der Waals surface area contributed by atoms with Crippen LogP contribution in [0.1, 0.15) is 33.1 Å². The van der Waals surface area contributed by atoms with Crippen LogP contribution in [-0.4, -0.2) is 29.8 Å². The van der Waals surface area contributed by atoms with Crippen molar-refractivity contribution in [1.29, 1.82) is 0 Å². The first-order valence-electron chi connectivity index (χ1n) is 4.67. The Morgan fingerprint density at radius 1 is 1.46 bits per heavy atom. The highest BCUT2D eigenvalue weighted by Crippen LogP contribution is 2.15. The molecule has 0 saturated heterocycles. The van der Waals surface area contributed by atoms with Crippen LogP contribution in [-0.2, 0) is 4.79 Å². The third-order valence-electron chi connectivity index (χ3n) is 2.39. The number of carbonyl (C=O) groups is 1. The summed E-state index contributed by atoms with van der Waals surface area (Å²) in [6, 6.07) is 0. The van der Waals surface area contributed by atoms with Gasteiger partial charge >= 0.3 is 5.97 Å². The first-order valence-corrected chi connectivity index (χ1v) is 4.67. The molecular weight excluding hydrogens is 173 g/mol. The first-order chi connectivity index (χ1) is 6.13. The Balaban J connectivity index is 4.14. The SMILES string of the molecule is CCC(CC)(NCCCF)C(=O)O. The molecular formula is C9H18FNO2. The molecule has 0 heterocycles. The minimum Gasteiger partial charge on any atom is -0.480 e. The lowest BCUT2D eigenvalue weighted by Gasteiger charge is -2.27. The van der Waals surface area contributed by atoms with E-state index in [4.69, 9.17) is 5.11 Å². The van der Waals surface area contributed by atoms with Gasteiger partial charge in [-0.05, 0) is 25.8 Å². The monoisotopic (exact) mass is 191 g/mol. The van der Waals surface area contributed by atoms with Crippen molar-refractivity contribution in [1.82, 2.24) is 5.32 Å². The second-order valence-corrected chi connectivity index (χ2v) is 3.06. The zero-order valence-electron chi connectivity index (χ0n) is 8.27. The quantitative estimate of drug-likeness (QED) is 0.601. The summed E-state index contributed by atoms with van der Waals surface area (Å²) >= 11 is 0. The lowest BCUT2D eigenvalue weighted by Crippen LogP contribution is -2.51. The number of carboxylic acids is 1. The third kappa shape index (κ3) is 3.30. The molecule has 0 aromatic heterocycles. The van der Waals surface area contributed by atoms with E-state index in [1.54, 1.807) is 0 Å². The van der Waals surface area contributed by atoms with Crippen molar-refractivity contribution in [3.05, 3.63) is 0 Å². The van der Waals surface area contributed by atoms with Crippen LogP contribution in [0.5, 0.6) is 0 Å². The molecule has 0 spiro atoms. The number of alkyl halides is 1. The van der Waals surface area contributed by atoms with Crippen LogP contribution in [0.15, 0.2) is 0 Å². The molecule has 2 N–H and O–H groups in total. The molecule has 0 unspecified atom stereocenters. The Hall–Kier alpha value is -0.640. The number of hydrogen-bond acceptors (Lipinski definition) is 2. The van der Waals surface area contributed by atoms with E-state index in [0.29, 0.717) is 25.8 Å². The molecule has 0 amide bonds. The summed E-state index contributed by atoms with van der Waals surface area (Å²) < 4.78 is 11.8. The topological polar surface area (TPSA) is 49.3 Å². The Bertz CT molecular complexity index is 158. The van der Waals surface area contributed by atoms with Gasteiger partial charge in [-0.1, -0.05) is 13.8 Å². The van der Waals surface area contributed by atoms with Gasteiger partial charge in [0.25, 0.3) is 0 Å². The van der Waals surface area contributed by atoms with Gasteiger partial charge in [0.05, 0.1) is 6.67 Å². The molecule has 13 heavy (non-hydrogen) atoms. The smallest absolute Gasteiger partial charge is 0.323 e. The maximum atomic E-state index is 11.8. The van der Waals surface area contributed by atoms with Crippen molar-refractivity contribution >= 4 is 5.97 Å². The van der Waals surface area contributed by atoms with Gasteiger partial charge < -0.3 is 10.4 Å². The molecule has 0 fully saturated rings. The van der Waals surface area contributed by atoms with E-state index in [9.17, 15) is 9.18 Å². The van der Waals surface area contributed by atoms with Crippen LogP contribution in [0, 0.1) is 0 Å². The molecule has 78 valence electrons. The van der Waals surface area contributed by atoms with Crippen LogP contribution < -0.4 is 5.32 Å². The number of aliphatic carboxylic acids is 1. The summed E-state index contributed by atoms with van der Waals surface area (Å²) in [4.78, 5) is 10.9. The van der Waals surface area contributed by atoms with Gasteiger partial charge in [-0.2, -0.15) is 0 Å². The maximum Gasteiger partial charge on any atom is 0.323 e. The molecule has 3 nitrogen and oxygen atoms in total. The molecule has 0 radical (unpaired) electrons. The highest BCUT2D eigenvalue weighted by Gasteiger charge is 2.33. The molecule has 0 aliphatic rings. The number of carboxylic acid groups (broad SMARTS) is 1. The van der Waals surface area contributed by atoms with Crippen LogP contribution >= 0.6 is 0 Å². The van der Waals surface area contributed by atoms with Gasteiger partial charge in [-0.3, -0.25) is 9.18 Å². The van der Waals surface area contributed by atoms with Crippen LogP contribution in [0.3, 0.4) is 0 Å². The van der Waals surface area contributed by atoms with Gasteiger partial charge in [0, 0.05) is 0 Å². The molecule has 0 saturated carbocycles. The molecule has 0 bridgehead atoms. The van der Waals surface area contributed by atoms with Crippen LogP contribution in [0.4, 0.5) is 4.39 Å². The van der Waals surface area contributed by atoms with E-state index in [1.807, 2.05) is 13.8 Å². The number of hydrogen-bond donors (Lipinski definition) is 2. The number of nitrogens with one attached hydrogen (secondary N) is 1. The van der Waals surface area contributed by atoms with Gasteiger partial charge in [0.2, 0.25) is 0 Å². The van der Waals surface area contributed by atoms with E-state index in [1.165, 1.54) is 0 Å². The Kier molecular flexibility index (Phi) is 5.62. The average Bonchev–Trinajstić information content (AvgIpc) is 2.13. The van der Waals surface area contributed by atoms with Gasteiger partial charge in [0.15, 0.2) is 0 Å². The van der Waals surface area contributed by atoms with Crippen molar-refractivity contribution in [2.75, 3.05) is 13.2 Å². The second kappa shape index (κ2) is 5.91. The van der Waals surface area contributed by atoms with Crippen molar-refractivity contribution in [2.45, 2.75) is 38.6 Å². The predicted molar refractivity (Wildman–Crippen MR) is 49.5 cm³/mol. The van der Waals surface area contributed by atoms with E-state index >= 15 is 0 Å². The summed E-state index contributed by atoms with van der Waals surface area (Å²) in [5, 5.41) is 11.9. The molecule has 0 rings (SSSR count). The molecule has 0 aliphatic heterocycles. The van der Waals surface area contributed by atoms with Crippen molar-refractivity contribution < 1.29 is 14.3 Å². The normalized spacial score (nSPS) is 11.6. The summed E-state index contributed by atoms with van der Waals surface area (Å²) in [5.74, 6) is -0.851. The lowest BCUT2D eigenvalue weighted by molar-refractivity contribution is -0.145. The van der Waals surface area contributed by atoms with Crippen molar-refractivity contribution in [2.24, 2.45) is 0 Å². The van der Waals surface area contributed by atoms with Crippen molar-refractivity contribution in [3.8, 4) is 0 Å².